The highest BCUT2D eigenvalue weighted by atomic mass is 32.1. The molecule has 0 bridgehead atoms. The van der Waals surface area contributed by atoms with Crippen LogP contribution < -0.4 is 0 Å². The van der Waals surface area contributed by atoms with E-state index in [9.17, 15) is 0 Å². The highest BCUT2D eigenvalue weighted by Crippen LogP contribution is 2.28. The zero-order valence-electron chi connectivity index (χ0n) is 14.6. The van der Waals surface area contributed by atoms with Crippen molar-refractivity contribution in [2.45, 2.75) is 39.2 Å². The van der Waals surface area contributed by atoms with Crippen LogP contribution in [0.4, 0.5) is 0 Å². The Bertz CT molecular complexity index is 855. The lowest BCUT2D eigenvalue weighted by Gasteiger charge is -2.32. The van der Waals surface area contributed by atoms with E-state index < -0.39 is 0 Å². The SMILES string of the molecule is Cc1cnc(-c2cncc([C@H]3CCCN(Cc4scnc4C)C3)n2)[nH]1. The van der Waals surface area contributed by atoms with Gasteiger partial charge in [-0.3, -0.25) is 9.88 Å². The Balaban J connectivity index is 1.50. The molecule has 1 atom stereocenters. The molecule has 1 N–H and O–H groups in total. The van der Waals surface area contributed by atoms with E-state index in [2.05, 4.69) is 31.8 Å². The van der Waals surface area contributed by atoms with Crippen LogP contribution in [0.5, 0.6) is 0 Å². The third kappa shape index (κ3) is 3.62. The van der Waals surface area contributed by atoms with E-state index in [-0.39, 0.29) is 0 Å². The van der Waals surface area contributed by atoms with E-state index in [4.69, 9.17) is 4.98 Å². The standard InChI is InChI=1S/C18H22N6S/c1-12-6-20-18(22-12)16-8-19-7-15(23-16)14-4-3-5-24(9-14)10-17-13(2)21-11-25-17/h6-8,11,14H,3-5,9-10H2,1-2H3,(H,20,22)/t14-/m0/s1. The topological polar surface area (TPSA) is 70.6 Å². The first-order chi connectivity index (χ1) is 12.2. The van der Waals surface area contributed by atoms with Gasteiger partial charge in [-0.05, 0) is 33.2 Å². The zero-order valence-corrected chi connectivity index (χ0v) is 15.4. The summed E-state index contributed by atoms with van der Waals surface area (Å²) in [6.07, 6.45) is 7.86. The number of aromatic amines is 1. The van der Waals surface area contributed by atoms with Crippen LogP contribution in [0.3, 0.4) is 0 Å². The predicted molar refractivity (Wildman–Crippen MR) is 98.5 cm³/mol. The number of thiazole rings is 1. The first-order valence-corrected chi connectivity index (χ1v) is 9.52. The van der Waals surface area contributed by atoms with E-state index in [0.29, 0.717) is 5.92 Å². The van der Waals surface area contributed by atoms with Crippen LogP contribution in [0.15, 0.2) is 24.1 Å². The number of rotatable bonds is 4. The summed E-state index contributed by atoms with van der Waals surface area (Å²) in [7, 11) is 0. The molecular weight excluding hydrogens is 332 g/mol. The number of nitrogens with one attached hydrogen (secondary N) is 1. The van der Waals surface area contributed by atoms with Crippen molar-refractivity contribution in [3.8, 4) is 11.5 Å². The summed E-state index contributed by atoms with van der Waals surface area (Å²) in [6, 6.07) is 0. The van der Waals surface area contributed by atoms with Crippen molar-refractivity contribution in [2.24, 2.45) is 0 Å². The molecular formula is C18H22N6S. The number of aryl methyl sites for hydroxylation is 2. The number of imidazole rings is 1. The quantitative estimate of drug-likeness (QED) is 0.778. The van der Waals surface area contributed by atoms with Gasteiger partial charge in [-0.15, -0.1) is 11.3 Å². The van der Waals surface area contributed by atoms with Gasteiger partial charge in [0.1, 0.15) is 5.69 Å². The smallest absolute Gasteiger partial charge is 0.157 e. The van der Waals surface area contributed by atoms with Gasteiger partial charge in [-0.2, -0.15) is 0 Å². The minimum absolute atomic E-state index is 0.422. The largest absolute Gasteiger partial charge is 0.341 e. The molecule has 1 saturated heterocycles. The van der Waals surface area contributed by atoms with Gasteiger partial charge < -0.3 is 4.98 Å². The summed E-state index contributed by atoms with van der Waals surface area (Å²) in [5.41, 5.74) is 6.01. The number of piperidine rings is 1. The highest BCUT2D eigenvalue weighted by molar-refractivity contribution is 7.09. The van der Waals surface area contributed by atoms with Crippen LogP contribution in [0.25, 0.3) is 11.5 Å². The molecule has 0 radical (unpaired) electrons. The second-order valence-electron chi connectivity index (χ2n) is 6.68. The lowest BCUT2D eigenvalue weighted by Crippen LogP contribution is -2.34. The Kier molecular flexibility index (Phi) is 4.59. The van der Waals surface area contributed by atoms with Crippen molar-refractivity contribution in [1.82, 2.24) is 29.8 Å². The van der Waals surface area contributed by atoms with E-state index in [1.54, 1.807) is 17.5 Å². The summed E-state index contributed by atoms with van der Waals surface area (Å²) in [5, 5.41) is 0. The molecule has 0 aromatic carbocycles. The minimum Gasteiger partial charge on any atom is -0.341 e. The zero-order chi connectivity index (χ0) is 17.2. The Morgan fingerprint density at radius 2 is 2.16 bits per heavy atom. The summed E-state index contributed by atoms with van der Waals surface area (Å²) in [5.74, 6) is 1.21. The van der Waals surface area contributed by atoms with Gasteiger partial charge in [0.2, 0.25) is 0 Å². The number of likely N-dealkylation sites (tertiary alicyclic amines) is 1. The molecule has 4 rings (SSSR count). The van der Waals surface area contributed by atoms with Crippen molar-refractivity contribution >= 4 is 11.3 Å². The molecule has 25 heavy (non-hydrogen) atoms. The molecule has 4 heterocycles. The average molecular weight is 354 g/mol. The lowest BCUT2D eigenvalue weighted by atomic mass is 9.95. The summed E-state index contributed by atoms with van der Waals surface area (Å²) in [6.45, 7) is 7.23. The van der Waals surface area contributed by atoms with Crippen molar-refractivity contribution in [3.63, 3.8) is 0 Å². The van der Waals surface area contributed by atoms with E-state index in [1.165, 1.54) is 11.3 Å². The second kappa shape index (κ2) is 7.01. The monoisotopic (exact) mass is 354 g/mol. The van der Waals surface area contributed by atoms with Crippen LogP contribution in [-0.2, 0) is 6.54 Å². The summed E-state index contributed by atoms with van der Waals surface area (Å²) in [4.78, 5) is 25.1. The van der Waals surface area contributed by atoms with Crippen molar-refractivity contribution in [1.29, 1.82) is 0 Å². The Hall–Kier alpha value is -2.12. The summed E-state index contributed by atoms with van der Waals surface area (Å²) >= 11 is 1.75. The van der Waals surface area contributed by atoms with Gasteiger partial charge in [0, 0.05) is 42.0 Å². The molecule has 0 saturated carbocycles. The number of H-pyrrole nitrogens is 1. The number of aromatic nitrogens is 5. The predicted octanol–water partition coefficient (Wildman–Crippen LogP) is 3.32. The first-order valence-electron chi connectivity index (χ1n) is 8.64. The fourth-order valence-electron chi connectivity index (χ4n) is 3.36. The van der Waals surface area contributed by atoms with Crippen LogP contribution >= 0.6 is 11.3 Å². The molecule has 3 aromatic heterocycles. The number of hydrogen-bond donors (Lipinski definition) is 1. The highest BCUT2D eigenvalue weighted by Gasteiger charge is 2.24. The Morgan fingerprint density at radius 3 is 2.92 bits per heavy atom. The number of nitrogens with zero attached hydrogens (tertiary/aromatic N) is 5. The van der Waals surface area contributed by atoms with Gasteiger partial charge >= 0.3 is 0 Å². The van der Waals surface area contributed by atoms with Gasteiger partial charge in [0.05, 0.1) is 23.1 Å². The van der Waals surface area contributed by atoms with Crippen molar-refractivity contribution in [2.75, 3.05) is 13.1 Å². The molecule has 1 aliphatic rings. The maximum Gasteiger partial charge on any atom is 0.157 e. The molecule has 1 fully saturated rings. The molecule has 3 aromatic rings. The van der Waals surface area contributed by atoms with Crippen LogP contribution in [0.1, 0.15) is 40.7 Å². The third-order valence-corrected chi connectivity index (χ3v) is 5.65. The van der Waals surface area contributed by atoms with Gasteiger partial charge in [-0.25, -0.2) is 15.0 Å². The normalized spacial score (nSPS) is 18.6. The molecule has 0 aliphatic carbocycles. The van der Waals surface area contributed by atoms with Gasteiger partial charge in [0.15, 0.2) is 5.82 Å². The van der Waals surface area contributed by atoms with E-state index in [0.717, 1.165) is 54.7 Å². The first kappa shape index (κ1) is 16.4. The van der Waals surface area contributed by atoms with Crippen molar-refractivity contribution in [3.05, 3.63) is 46.1 Å². The Labute approximate surface area is 151 Å². The van der Waals surface area contributed by atoms with Crippen LogP contribution in [0, 0.1) is 13.8 Å². The lowest BCUT2D eigenvalue weighted by molar-refractivity contribution is 0.199. The molecule has 0 spiro atoms. The van der Waals surface area contributed by atoms with E-state index >= 15 is 0 Å². The van der Waals surface area contributed by atoms with E-state index in [1.807, 2.05) is 24.8 Å². The maximum atomic E-state index is 4.84. The molecule has 0 amide bonds. The molecule has 7 heteroatoms. The molecule has 6 nitrogen and oxygen atoms in total. The molecule has 0 unspecified atom stereocenters. The fraction of sp³-hybridized carbons (Fsp3) is 0.444. The fourth-order valence-corrected chi connectivity index (χ4v) is 4.17. The van der Waals surface area contributed by atoms with Crippen LogP contribution in [0.2, 0.25) is 0 Å². The minimum atomic E-state index is 0.422. The Morgan fingerprint density at radius 1 is 1.24 bits per heavy atom. The molecule has 1 aliphatic heterocycles. The van der Waals surface area contributed by atoms with Crippen molar-refractivity contribution < 1.29 is 0 Å². The number of hydrogen-bond acceptors (Lipinski definition) is 6. The summed E-state index contributed by atoms with van der Waals surface area (Å²) < 4.78 is 0. The van der Waals surface area contributed by atoms with Gasteiger partial charge in [0.25, 0.3) is 0 Å². The third-order valence-electron chi connectivity index (χ3n) is 4.73. The average Bonchev–Trinajstić information content (AvgIpc) is 3.24. The second-order valence-corrected chi connectivity index (χ2v) is 7.62. The molecule has 130 valence electrons. The maximum absolute atomic E-state index is 4.84. The van der Waals surface area contributed by atoms with Gasteiger partial charge in [-0.1, -0.05) is 0 Å². The van der Waals surface area contributed by atoms with Crippen LogP contribution in [-0.4, -0.2) is 42.9 Å².